The molecule has 0 aliphatic heterocycles. The lowest BCUT2D eigenvalue weighted by Gasteiger charge is -1.96. The van der Waals surface area contributed by atoms with Crippen molar-refractivity contribution in [3.63, 3.8) is 0 Å². The number of halogens is 1. The third-order valence-electron chi connectivity index (χ3n) is 2.11. The van der Waals surface area contributed by atoms with Gasteiger partial charge in [0.25, 0.3) is 0 Å². The first kappa shape index (κ1) is 13.6. The highest BCUT2D eigenvalue weighted by molar-refractivity contribution is 7.13. The largest absolute Gasteiger partial charge is 0.411 e. The van der Waals surface area contributed by atoms with Crippen molar-refractivity contribution in [2.24, 2.45) is 5.16 Å². The number of aryl methyl sites for hydroxylation is 2. The van der Waals surface area contributed by atoms with Gasteiger partial charge in [0.05, 0.1) is 16.1 Å². The summed E-state index contributed by atoms with van der Waals surface area (Å²) in [6, 6.07) is 3.98. The van der Waals surface area contributed by atoms with Gasteiger partial charge in [0.1, 0.15) is 0 Å². The summed E-state index contributed by atoms with van der Waals surface area (Å²) >= 11 is 1.54. The van der Waals surface area contributed by atoms with E-state index in [0.29, 0.717) is 0 Å². The monoisotopic (exact) mass is 269 g/mol. The minimum atomic E-state index is 0. The summed E-state index contributed by atoms with van der Waals surface area (Å²) in [6.07, 6.45) is 8.55. The molecule has 90 valence electrons. The van der Waals surface area contributed by atoms with E-state index in [-0.39, 0.29) is 12.4 Å². The van der Waals surface area contributed by atoms with Crippen molar-refractivity contribution in [1.82, 2.24) is 9.97 Å². The molecule has 0 aromatic carbocycles. The first-order chi connectivity index (χ1) is 7.88. The maximum absolute atomic E-state index is 8.38. The highest BCUT2D eigenvalue weighted by atomic mass is 35.5. The van der Waals surface area contributed by atoms with E-state index in [1.807, 2.05) is 12.3 Å². The predicted octanol–water partition coefficient (Wildman–Crippen LogP) is 2.55. The predicted molar refractivity (Wildman–Crippen MR) is 70.4 cm³/mol. The third-order valence-corrected chi connectivity index (χ3v) is 3.10. The van der Waals surface area contributed by atoms with E-state index in [2.05, 4.69) is 21.2 Å². The van der Waals surface area contributed by atoms with Gasteiger partial charge in [0.15, 0.2) is 0 Å². The first-order valence-electron chi connectivity index (χ1n) is 4.89. The fourth-order valence-electron chi connectivity index (χ4n) is 1.35. The van der Waals surface area contributed by atoms with Crippen LogP contribution in [0.1, 0.15) is 15.4 Å². The molecule has 0 saturated carbocycles. The normalized spacial score (nSPS) is 10.4. The molecule has 0 saturated heterocycles. The van der Waals surface area contributed by atoms with Crippen molar-refractivity contribution in [2.45, 2.75) is 12.8 Å². The molecule has 2 aromatic heterocycles. The van der Waals surface area contributed by atoms with E-state index < -0.39 is 0 Å². The second kappa shape index (κ2) is 6.98. The average molecular weight is 270 g/mol. The molecule has 0 bridgehead atoms. The van der Waals surface area contributed by atoms with Gasteiger partial charge in [-0.25, -0.2) is 4.98 Å². The van der Waals surface area contributed by atoms with Crippen molar-refractivity contribution in [1.29, 1.82) is 0 Å². The van der Waals surface area contributed by atoms with Crippen LogP contribution in [-0.4, -0.2) is 21.4 Å². The van der Waals surface area contributed by atoms with Crippen LogP contribution in [0.3, 0.4) is 0 Å². The molecular weight excluding hydrogens is 258 g/mol. The van der Waals surface area contributed by atoms with E-state index in [9.17, 15) is 0 Å². The summed E-state index contributed by atoms with van der Waals surface area (Å²) in [5, 5.41) is 12.4. The molecule has 0 spiro atoms. The Kier molecular flexibility index (Phi) is 5.59. The molecular formula is C11H12ClN3OS. The number of thiazole rings is 1. The molecule has 4 nitrogen and oxygen atoms in total. The molecule has 0 aliphatic carbocycles. The van der Waals surface area contributed by atoms with E-state index in [0.717, 1.165) is 22.7 Å². The highest BCUT2D eigenvalue weighted by Gasteiger charge is 2.01. The Bertz CT molecular complexity index is 473. The Hall–Kier alpha value is -1.46. The van der Waals surface area contributed by atoms with Gasteiger partial charge in [-0.2, -0.15) is 0 Å². The Morgan fingerprint density at radius 2 is 2.24 bits per heavy atom. The number of hydrogen-bond donors (Lipinski definition) is 1. The van der Waals surface area contributed by atoms with Crippen molar-refractivity contribution in [3.8, 4) is 0 Å². The highest BCUT2D eigenvalue weighted by Crippen LogP contribution is 2.13. The maximum atomic E-state index is 8.38. The van der Waals surface area contributed by atoms with Crippen LogP contribution >= 0.6 is 23.7 Å². The van der Waals surface area contributed by atoms with Crippen LogP contribution in [0.25, 0.3) is 0 Å². The van der Waals surface area contributed by atoms with E-state index >= 15 is 0 Å². The Morgan fingerprint density at radius 3 is 2.94 bits per heavy atom. The van der Waals surface area contributed by atoms with Crippen LogP contribution in [0, 0.1) is 0 Å². The summed E-state index contributed by atoms with van der Waals surface area (Å²) in [7, 11) is 0. The quantitative estimate of drug-likeness (QED) is 0.527. The molecule has 17 heavy (non-hydrogen) atoms. The molecule has 1 N–H and O–H groups in total. The summed E-state index contributed by atoms with van der Waals surface area (Å²) < 4.78 is 0. The molecule has 0 fully saturated rings. The number of nitrogens with zero attached hydrogens (tertiary/aromatic N) is 3. The molecule has 0 amide bonds. The smallest absolute Gasteiger partial charge is 0.0935 e. The van der Waals surface area contributed by atoms with Gasteiger partial charge in [-0.05, 0) is 18.1 Å². The van der Waals surface area contributed by atoms with Crippen molar-refractivity contribution >= 4 is 30.0 Å². The molecule has 0 atom stereocenters. The second-order valence-electron chi connectivity index (χ2n) is 3.26. The third kappa shape index (κ3) is 4.13. The van der Waals surface area contributed by atoms with Gasteiger partial charge in [-0.15, -0.1) is 23.7 Å². The van der Waals surface area contributed by atoms with Crippen molar-refractivity contribution in [3.05, 3.63) is 46.2 Å². The fourth-order valence-corrected chi connectivity index (χ4v) is 2.14. The zero-order chi connectivity index (χ0) is 11.2. The molecule has 0 unspecified atom stereocenters. The second-order valence-corrected chi connectivity index (χ2v) is 4.41. The van der Waals surface area contributed by atoms with Gasteiger partial charge in [-0.1, -0.05) is 11.2 Å². The van der Waals surface area contributed by atoms with Crippen LogP contribution in [0.15, 0.2) is 35.9 Å². The molecule has 2 rings (SSSR count). The minimum Gasteiger partial charge on any atom is -0.411 e. The van der Waals surface area contributed by atoms with E-state index in [4.69, 9.17) is 5.21 Å². The van der Waals surface area contributed by atoms with Crippen LogP contribution < -0.4 is 0 Å². The molecule has 6 heteroatoms. The molecule has 0 aliphatic rings. The standard InChI is InChI=1S/C11H11N3OS.ClH/c15-14-8-10-7-13-11(16-10)4-3-9-2-1-5-12-6-9;/h1-2,5-8,15H,3-4H2;1H. The zero-order valence-corrected chi connectivity index (χ0v) is 10.6. The van der Waals surface area contributed by atoms with Gasteiger partial charge in [-0.3, -0.25) is 4.98 Å². The van der Waals surface area contributed by atoms with Crippen molar-refractivity contribution in [2.75, 3.05) is 0 Å². The van der Waals surface area contributed by atoms with Gasteiger partial charge in [0.2, 0.25) is 0 Å². The minimum absolute atomic E-state index is 0. The lowest BCUT2D eigenvalue weighted by atomic mass is 10.2. The summed E-state index contributed by atoms with van der Waals surface area (Å²) in [5.74, 6) is 0. The molecule has 2 aromatic rings. The number of rotatable bonds is 4. The number of pyridine rings is 1. The van der Waals surface area contributed by atoms with Gasteiger partial charge in [0, 0.05) is 25.0 Å². The van der Waals surface area contributed by atoms with Crippen LogP contribution in [-0.2, 0) is 12.8 Å². The Morgan fingerprint density at radius 1 is 1.35 bits per heavy atom. The first-order valence-corrected chi connectivity index (χ1v) is 5.71. The average Bonchev–Trinajstić information content (AvgIpc) is 2.76. The number of aromatic nitrogens is 2. The zero-order valence-electron chi connectivity index (χ0n) is 8.98. The summed E-state index contributed by atoms with van der Waals surface area (Å²) in [5.41, 5.74) is 1.20. The van der Waals surface area contributed by atoms with Crippen LogP contribution in [0.4, 0.5) is 0 Å². The molecule has 0 radical (unpaired) electrons. The summed E-state index contributed by atoms with van der Waals surface area (Å²) in [6.45, 7) is 0. The fraction of sp³-hybridized carbons (Fsp3) is 0.182. The van der Waals surface area contributed by atoms with Crippen LogP contribution in [0.2, 0.25) is 0 Å². The number of oxime groups is 1. The number of hydrogen-bond acceptors (Lipinski definition) is 5. The van der Waals surface area contributed by atoms with Crippen molar-refractivity contribution < 1.29 is 5.21 Å². The van der Waals surface area contributed by atoms with Crippen LogP contribution in [0.5, 0.6) is 0 Å². The summed E-state index contributed by atoms with van der Waals surface area (Å²) in [4.78, 5) is 9.17. The Balaban J connectivity index is 0.00000144. The lowest BCUT2D eigenvalue weighted by Crippen LogP contribution is -1.90. The molecule has 2 heterocycles. The maximum Gasteiger partial charge on any atom is 0.0935 e. The van der Waals surface area contributed by atoms with E-state index in [1.54, 1.807) is 12.4 Å². The van der Waals surface area contributed by atoms with E-state index in [1.165, 1.54) is 23.1 Å². The topological polar surface area (TPSA) is 58.4 Å². The Labute approximate surface area is 109 Å². The van der Waals surface area contributed by atoms with Gasteiger partial charge >= 0.3 is 0 Å². The SMILES string of the molecule is Cl.ON=Cc1cnc(CCc2cccnc2)s1. The lowest BCUT2D eigenvalue weighted by molar-refractivity contribution is 0.322. The van der Waals surface area contributed by atoms with Gasteiger partial charge < -0.3 is 5.21 Å².